The van der Waals surface area contributed by atoms with Crippen molar-refractivity contribution in [2.75, 3.05) is 13.2 Å². The van der Waals surface area contributed by atoms with E-state index in [0.29, 0.717) is 18.4 Å². The maximum absolute atomic E-state index is 6.34. The van der Waals surface area contributed by atoms with Gasteiger partial charge in [-0.3, -0.25) is 0 Å². The van der Waals surface area contributed by atoms with E-state index in [-0.39, 0.29) is 6.04 Å². The van der Waals surface area contributed by atoms with Gasteiger partial charge in [0.1, 0.15) is 12.3 Å². The molecule has 3 heterocycles. The first-order valence-corrected chi connectivity index (χ1v) is 7.05. The van der Waals surface area contributed by atoms with Crippen molar-refractivity contribution in [2.24, 2.45) is 11.7 Å². The molecule has 1 saturated heterocycles. The number of oxazole rings is 1. The van der Waals surface area contributed by atoms with Gasteiger partial charge >= 0.3 is 0 Å². The third kappa shape index (κ3) is 2.62. The van der Waals surface area contributed by atoms with E-state index in [4.69, 9.17) is 14.9 Å². The molecule has 3 rings (SSSR count). The fraction of sp³-hybridized carbons (Fsp3) is 0.571. The van der Waals surface area contributed by atoms with Crippen LogP contribution in [0.5, 0.6) is 0 Å². The molecule has 2 aromatic rings. The minimum Gasteiger partial charge on any atom is -0.444 e. The number of hydrogen-bond donors (Lipinski definition) is 1. The first-order chi connectivity index (χ1) is 9.78. The van der Waals surface area contributed by atoms with Gasteiger partial charge in [-0.25, -0.2) is 9.97 Å². The van der Waals surface area contributed by atoms with E-state index >= 15 is 0 Å². The average Bonchev–Trinajstić information content (AvgIpc) is 3.20. The Kier molecular flexibility index (Phi) is 3.84. The number of rotatable bonds is 5. The van der Waals surface area contributed by atoms with Crippen LogP contribution in [0.25, 0.3) is 0 Å². The molecular formula is C14H20N4O2. The minimum absolute atomic E-state index is 0.0550. The Morgan fingerprint density at radius 2 is 2.40 bits per heavy atom. The van der Waals surface area contributed by atoms with Gasteiger partial charge in [0, 0.05) is 25.1 Å². The van der Waals surface area contributed by atoms with Gasteiger partial charge in [0.15, 0.2) is 0 Å². The second-order valence-electron chi connectivity index (χ2n) is 5.17. The van der Waals surface area contributed by atoms with Crippen LogP contribution in [0.15, 0.2) is 23.1 Å². The quantitative estimate of drug-likeness (QED) is 0.895. The molecule has 2 unspecified atom stereocenters. The third-order valence-electron chi connectivity index (χ3n) is 3.81. The highest BCUT2D eigenvalue weighted by Gasteiger charge is 2.26. The van der Waals surface area contributed by atoms with Gasteiger partial charge in [-0.1, -0.05) is 6.92 Å². The van der Waals surface area contributed by atoms with Crippen molar-refractivity contribution >= 4 is 0 Å². The Morgan fingerprint density at radius 3 is 3.10 bits per heavy atom. The highest BCUT2D eigenvalue weighted by Crippen LogP contribution is 2.26. The Hall–Kier alpha value is -1.66. The molecule has 0 saturated carbocycles. The molecule has 2 N–H and O–H groups in total. The molecule has 0 amide bonds. The van der Waals surface area contributed by atoms with E-state index in [1.54, 1.807) is 12.5 Å². The van der Waals surface area contributed by atoms with Crippen molar-refractivity contribution in [3.63, 3.8) is 0 Å². The van der Waals surface area contributed by atoms with Crippen LogP contribution in [0.3, 0.4) is 0 Å². The number of imidazole rings is 1. The molecule has 108 valence electrons. The molecular weight excluding hydrogens is 256 g/mol. The van der Waals surface area contributed by atoms with Crippen LogP contribution in [0.1, 0.15) is 36.7 Å². The summed E-state index contributed by atoms with van der Waals surface area (Å²) in [6.45, 7) is 4.14. The molecule has 20 heavy (non-hydrogen) atoms. The molecule has 0 aliphatic carbocycles. The summed E-state index contributed by atoms with van der Waals surface area (Å²) in [4.78, 5) is 8.49. The average molecular weight is 276 g/mol. The molecule has 0 spiro atoms. The van der Waals surface area contributed by atoms with Gasteiger partial charge in [-0.2, -0.15) is 0 Å². The molecule has 1 aliphatic heterocycles. The Bertz CT molecular complexity index is 557. The third-order valence-corrected chi connectivity index (χ3v) is 3.81. The minimum atomic E-state index is -0.0550. The van der Waals surface area contributed by atoms with Crippen LogP contribution in [0, 0.1) is 5.92 Å². The fourth-order valence-electron chi connectivity index (χ4n) is 2.55. The lowest BCUT2D eigenvalue weighted by molar-refractivity contribution is 0.180. The standard InChI is InChI=1S/C14H20N4O2/c1-2-11-5-17-13(20-11)7-18-9-16-6-12(18)14(15)10-3-4-19-8-10/h5-6,9-10,14H,2-4,7-8,15H2,1H3. The first-order valence-electron chi connectivity index (χ1n) is 7.05. The van der Waals surface area contributed by atoms with Crippen molar-refractivity contribution in [1.29, 1.82) is 0 Å². The summed E-state index contributed by atoms with van der Waals surface area (Å²) in [7, 11) is 0. The molecule has 6 nitrogen and oxygen atoms in total. The molecule has 1 aliphatic rings. The summed E-state index contributed by atoms with van der Waals surface area (Å²) in [5.41, 5.74) is 7.35. The number of ether oxygens (including phenoxy) is 1. The largest absolute Gasteiger partial charge is 0.444 e. The SMILES string of the molecule is CCc1cnc(Cn2cncc2C(N)C2CCOC2)o1. The van der Waals surface area contributed by atoms with Crippen molar-refractivity contribution in [3.05, 3.63) is 36.1 Å². The Balaban J connectivity index is 1.75. The van der Waals surface area contributed by atoms with Crippen LogP contribution in [-0.4, -0.2) is 27.7 Å². The van der Waals surface area contributed by atoms with Crippen molar-refractivity contribution in [2.45, 2.75) is 32.4 Å². The zero-order valence-corrected chi connectivity index (χ0v) is 11.7. The summed E-state index contributed by atoms with van der Waals surface area (Å²) in [6, 6.07) is -0.0550. The van der Waals surface area contributed by atoms with Crippen LogP contribution in [0.2, 0.25) is 0 Å². The van der Waals surface area contributed by atoms with Gasteiger partial charge in [0.2, 0.25) is 5.89 Å². The van der Waals surface area contributed by atoms with Crippen LogP contribution in [-0.2, 0) is 17.7 Å². The van der Waals surface area contributed by atoms with E-state index in [1.165, 1.54) is 0 Å². The summed E-state index contributed by atoms with van der Waals surface area (Å²) < 4.78 is 13.1. The number of nitrogens with two attached hydrogens (primary N) is 1. The summed E-state index contributed by atoms with van der Waals surface area (Å²) >= 11 is 0. The first kappa shape index (κ1) is 13.3. The highest BCUT2D eigenvalue weighted by molar-refractivity contribution is 5.08. The second kappa shape index (κ2) is 5.76. The number of nitrogens with zero attached hydrogens (tertiary/aromatic N) is 3. The number of hydrogen-bond acceptors (Lipinski definition) is 5. The zero-order valence-electron chi connectivity index (χ0n) is 11.7. The smallest absolute Gasteiger partial charge is 0.214 e. The molecule has 0 radical (unpaired) electrons. The van der Waals surface area contributed by atoms with Crippen molar-refractivity contribution in [3.8, 4) is 0 Å². The number of aromatic nitrogens is 3. The van der Waals surface area contributed by atoms with Gasteiger partial charge in [-0.05, 0) is 6.42 Å². The van der Waals surface area contributed by atoms with E-state index in [0.717, 1.165) is 37.5 Å². The molecule has 1 fully saturated rings. The van der Waals surface area contributed by atoms with E-state index in [1.807, 2.05) is 17.7 Å². The molecule has 0 bridgehead atoms. The Labute approximate surface area is 118 Å². The van der Waals surface area contributed by atoms with Crippen LogP contribution in [0.4, 0.5) is 0 Å². The molecule has 2 atom stereocenters. The lowest BCUT2D eigenvalue weighted by Crippen LogP contribution is -2.24. The summed E-state index contributed by atoms with van der Waals surface area (Å²) in [6.07, 6.45) is 7.23. The lowest BCUT2D eigenvalue weighted by atomic mass is 9.97. The molecule has 0 aromatic carbocycles. The normalized spacial score (nSPS) is 20.4. The molecule has 2 aromatic heterocycles. The summed E-state index contributed by atoms with van der Waals surface area (Å²) in [5.74, 6) is 1.95. The van der Waals surface area contributed by atoms with Gasteiger partial charge in [0.25, 0.3) is 0 Å². The summed E-state index contributed by atoms with van der Waals surface area (Å²) in [5, 5.41) is 0. The predicted molar refractivity (Wildman–Crippen MR) is 73.1 cm³/mol. The molecule has 6 heteroatoms. The van der Waals surface area contributed by atoms with Crippen molar-refractivity contribution < 1.29 is 9.15 Å². The van der Waals surface area contributed by atoms with Crippen molar-refractivity contribution in [1.82, 2.24) is 14.5 Å². The maximum atomic E-state index is 6.34. The lowest BCUT2D eigenvalue weighted by Gasteiger charge is -2.18. The predicted octanol–water partition coefficient (Wildman–Crippen LogP) is 1.52. The zero-order chi connectivity index (χ0) is 13.9. The Morgan fingerprint density at radius 1 is 1.50 bits per heavy atom. The van der Waals surface area contributed by atoms with Gasteiger partial charge in [0.05, 0.1) is 30.9 Å². The highest BCUT2D eigenvalue weighted by atomic mass is 16.5. The topological polar surface area (TPSA) is 79.1 Å². The second-order valence-corrected chi connectivity index (χ2v) is 5.17. The fourth-order valence-corrected chi connectivity index (χ4v) is 2.55. The van der Waals surface area contributed by atoms with Gasteiger partial charge in [-0.15, -0.1) is 0 Å². The number of aryl methyl sites for hydroxylation is 1. The van der Waals surface area contributed by atoms with Crippen LogP contribution >= 0.6 is 0 Å². The maximum Gasteiger partial charge on any atom is 0.214 e. The van der Waals surface area contributed by atoms with Crippen LogP contribution < -0.4 is 5.73 Å². The van der Waals surface area contributed by atoms with E-state index < -0.39 is 0 Å². The van der Waals surface area contributed by atoms with Gasteiger partial charge < -0.3 is 19.5 Å². The van der Waals surface area contributed by atoms with E-state index in [9.17, 15) is 0 Å². The van der Waals surface area contributed by atoms with E-state index in [2.05, 4.69) is 9.97 Å². The monoisotopic (exact) mass is 276 g/mol.